The van der Waals surface area contributed by atoms with E-state index >= 15 is 0 Å². The standard InChI is InChI=1S/C15H26O/c1-12(2)15(16)13(3)8-7-11-14-9-5-4-6-10-14/h7-8,11-12,14-16H,4-6,9-10H2,1-3H3/b11-7+,13-8+. The first-order valence-electron chi connectivity index (χ1n) is 6.64. The predicted molar refractivity (Wildman–Crippen MR) is 70.3 cm³/mol. The molecule has 0 aromatic carbocycles. The lowest BCUT2D eigenvalue weighted by molar-refractivity contribution is 0.160. The Bertz CT molecular complexity index is 244. The highest BCUT2D eigenvalue weighted by Crippen LogP contribution is 2.24. The third-order valence-corrected chi connectivity index (χ3v) is 3.49. The monoisotopic (exact) mass is 222 g/mol. The van der Waals surface area contributed by atoms with Crippen LogP contribution in [0.25, 0.3) is 0 Å². The van der Waals surface area contributed by atoms with Crippen molar-refractivity contribution in [3.05, 3.63) is 23.8 Å². The zero-order valence-electron chi connectivity index (χ0n) is 10.9. The van der Waals surface area contributed by atoms with Crippen molar-refractivity contribution >= 4 is 0 Å². The van der Waals surface area contributed by atoms with Crippen molar-refractivity contribution in [3.8, 4) is 0 Å². The van der Waals surface area contributed by atoms with Gasteiger partial charge in [-0.1, -0.05) is 51.3 Å². The van der Waals surface area contributed by atoms with Crippen LogP contribution in [0, 0.1) is 11.8 Å². The molecule has 0 spiro atoms. The maximum atomic E-state index is 9.83. The van der Waals surface area contributed by atoms with Crippen LogP contribution in [0.3, 0.4) is 0 Å². The van der Waals surface area contributed by atoms with Crippen LogP contribution < -0.4 is 0 Å². The van der Waals surface area contributed by atoms with Gasteiger partial charge in [-0.15, -0.1) is 0 Å². The molecule has 0 aromatic rings. The van der Waals surface area contributed by atoms with Crippen LogP contribution in [0.2, 0.25) is 0 Å². The Labute approximate surface area is 100 Å². The minimum Gasteiger partial charge on any atom is -0.388 e. The van der Waals surface area contributed by atoms with Gasteiger partial charge in [-0.2, -0.15) is 0 Å². The fraction of sp³-hybridized carbons (Fsp3) is 0.733. The summed E-state index contributed by atoms with van der Waals surface area (Å²) in [7, 11) is 0. The minimum absolute atomic E-state index is 0.295. The maximum Gasteiger partial charge on any atom is 0.0773 e. The maximum absolute atomic E-state index is 9.83. The van der Waals surface area contributed by atoms with Crippen molar-refractivity contribution in [2.45, 2.75) is 59.0 Å². The minimum atomic E-state index is -0.295. The van der Waals surface area contributed by atoms with Crippen molar-refractivity contribution in [1.82, 2.24) is 0 Å². The number of aliphatic hydroxyl groups is 1. The number of allylic oxidation sites excluding steroid dienone is 3. The molecule has 0 bridgehead atoms. The number of hydrogen-bond donors (Lipinski definition) is 1. The molecule has 1 aliphatic rings. The average Bonchev–Trinajstić information content (AvgIpc) is 2.29. The summed E-state index contributed by atoms with van der Waals surface area (Å²) in [6.07, 6.45) is 13.1. The fourth-order valence-electron chi connectivity index (χ4n) is 2.32. The quantitative estimate of drug-likeness (QED) is 0.710. The Morgan fingerprint density at radius 3 is 2.38 bits per heavy atom. The molecular formula is C15H26O. The number of hydrogen-bond acceptors (Lipinski definition) is 1. The molecular weight excluding hydrogens is 196 g/mol. The molecule has 16 heavy (non-hydrogen) atoms. The highest BCUT2D eigenvalue weighted by atomic mass is 16.3. The van der Waals surface area contributed by atoms with Crippen LogP contribution in [0.15, 0.2) is 23.8 Å². The van der Waals surface area contributed by atoms with Gasteiger partial charge in [0.05, 0.1) is 6.10 Å². The van der Waals surface area contributed by atoms with E-state index in [-0.39, 0.29) is 6.10 Å². The van der Waals surface area contributed by atoms with Gasteiger partial charge in [-0.05, 0) is 37.2 Å². The van der Waals surface area contributed by atoms with Crippen LogP contribution in [0.4, 0.5) is 0 Å². The van der Waals surface area contributed by atoms with Crippen LogP contribution in [0.5, 0.6) is 0 Å². The Balaban J connectivity index is 2.41. The van der Waals surface area contributed by atoms with E-state index in [0.29, 0.717) is 5.92 Å². The van der Waals surface area contributed by atoms with Gasteiger partial charge in [0.15, 0.2) is 0 Å². The predicted octanol–water partition coefficient (Wildman–Crippen LogP) is 4.09. The molecule has 1 unspecified atom stereocenters. The van der Waals surface area contributed by atoms with Gasteiger partial charge in [-0.3, -0.25) is 0 Å². The zero-order valence-corrected chi connectivity index (χ0v) is 10.9. The van der Waals surface area contributed by atoms with E-state index in [1.54, 1.807) is 0 Å². The van der Waals surface area contributed by atoms with Crippen LogP contribution in [0.1, 0.15) is 52.9 Å². The summed E-state index contributed by atoms with van der Waals surface area (Å²) >= 11 is 0. The lowest BCUT2D eigenvalue weighted by Crippen LogP contribution is -2.15. The van der Waals surface area contributed by atoms with E-state index in [1.807, 2.05) is 20.8 Å². The van der Waals surface area contributed by atoms with Gasteiger partial charge >= 0.3 is 0 Å². The van der Waals surface area contributed by atoms with Gasteiger partial charge in [0, 0.05) is 0 Å². The summed E-state index contributed by atoms with van der Waals surface area (Å²) in [6.45, 7) is 6.11. The molecule has 1 N–H and O–H groups in total. The van der Waals surface area contributed by atoms with Crippen molar-refractivity contribution in [2.24, 2.45) is 11.8 Å². The lowest BCUT2D eigenvalue weighted by atomic mass is 9.89. The number of aliphatic hydroxyl groups excluding tert-OH is 1. The van der Waals surface area contributed by atoms with Crippen molar-refractivity contribution in [3.63, 3.8) is 0 Å². The molecule has 1 heteroatoms. The van der Waals surface area contributed by atoms with Crippen molar-refractivity contribution < 1.29 is 5.11 Å². The molecule has 0 aliphatic heterocycles. The van der Waals surface area contributed by atoms with Crippen molar-refractivity contribution in [2.75, 3.05) is 0 Å². The summed E-state index contributed by atoms with van der Waals surface area (Å²) < 4.78 is 0. The first kappa shape index (κ1) is 13.5. The number of rotatable bonds is 4. The summed E-state index contributed by atoms with van der Waals surface area (Å²) in [6, 6.07) is 0. The molecule has 1 atom stereocenters. The molecule has 1 aliphatic carbocycles. The second-order valence-electron chi connectivity index (χ2n) is 5.38. The first-order chi connectivity index (χ1) is 7.61. The summed E-state index contributed by atoms with van der Waals surface area (Å²) in [5.74, 6) is 1.08. The van der Waals surface area contributed by atoms with E-state index in [4.69, 9.17) is 0 Å². The van der Waals surface area contributed by atoms with E-state index in [0.717, 1.165) is 11.5 Å². The first-order valence-corrected chi connectivity index (χ1v) is 6.64. The molecule has 1 rings (SSSR count). The Morgan fingerprint density at radius 1 is 1.19 bits per heavy atom. The Hall–Kier alpha value is -0.560. The SMILES string of the molecule is C/C(=C\C=C\C1CCCCC1)C(O)C(C)C. The molecule has 92 valence electrons. The summed E-state index contributed by atoms with van der Waals surface area (Å²) in [5, 5.41) is 9.83. The molecule has 0 amide bonds. The lowest BCUT2D eigenvalue weighted by Gasteiger charge is -2.17. The van der Waals surface area contributed by atoms with Crippen molar-refractivity contribution in [1.29, 1.82) is 0 Å². The largest absolute Gasteiger partial charge is 0.388 e. The highest BCUT2D eigenvalue weighted by Gasteiger charge is 2.11. The topological polar surface area (TPSA) is 20.2 Å². The molecule has 0 aromatic heterocycles. The van der Waals surface area contributed by atoms with Gasteiger partial charge < -0.3 is 5.11 Å². The summed E-state index contributed by atoms with van der Waals surface area (Å²) in [5.41, 5.74) is 1.07. The normalized spacial score (nSPS) is 21.9. The molecule has 0 saturated heterocycles. The van der Waals surface area contributed by atoms with E-state index in [1.165, 1.54) is 32.1 Å². The highest BCUT2D eigenvalue weighted by molar-refractivity contribution is 5.15. The van der Waals surface area contributed by atoms with Gasteiger partial charge in [-0.25, -0.2) is 0 Å². The molecule has 1 saturated carbocycles. The molecule has 0 heterocycles. The third-order valence-electron chi connectivity index (χ3n) is 3.49. The van der Waals surface area contributed by atoms with Crippen LogP contribution in [-0.4, -0.2) is 11.2 Å². The zero-order chi connectivity index (χ0) is 12.0. The van der Waals surface area contributed by atoms with E-state index < -0.39 is 0 Å². The third kappa shape index (κ3) is 4.52. The summed E-state index contributed by atoms with van der Waals surface area (Å²) in [4.78, 5) is 0. The second-order valence-corrected chi connectivity index (χ2v) is 5.38. The van der Waals surface area contributed by atoms with Gasteiger partial charge in [0.2, 0.25) is 0 Å². The fourth-order valence-corrected chi connectivity index (χ4v) is 2.32. The Kier molecular flexibility index (Phi) is 5.83. The average molecular weight is 222 g/mol. The van der Waals surface area contributed by atoms with E-state index in [9.17, 15) is 5.11 Å². The van der Waals surface area contributed by atoms with Gasteiger partial charge in [0.1, 0.15) is 0 Å². The van der Waals surface area contributed by atoms with E-state index in [2.05, 4.69) is 18.2 Å². The molecule has 1 fully saturated rings. The van der Waals surface area contributed by atoms with Crippen LogP contribution in [-0.2, 0) is 0 Å². The second kappa shape index (κ2) is 6.90. The molecule has 0 radical (unpaired) electrons. The van der Waals surface area contributed by atoms with Crippen LogP contribution >= 0.6 is 0 Å². The smallest absolute Gasteiger partial charge is 0.0773 e. The molecule has 1 nitrogen and oxygen atoms in total. The Morgan fingerprint density at radius 2 is 1.81 bits per heavy atom. The van der Waals surface area contributed by atoms with Gasteiger partial charge in [0.25, 0.3) is 0 Å².